The predicted molar refractivity (Wildman–Crippen MR) is 143 cm³/mol. The van der Waals surface area contributed by atoms with E-state index in [9.17, 15) is 31.1 Å². The van der Waals surface area contributed by atoms with Crippen LogP contribution in [0.2, 0.25) is 5.02 Å². The Kier molecular flexibility index (Phi) is 7.77. The lowest BCUT2D eigenvalue weighted by Gasteiger charge is -2.25. The number of H-pyrrole nitrogens is 1. The zero-order valence-corrected chi connectivity index (χ0v) is 21.7. The molecule has 11 heteroatoms. The Balaban J connectivity index is 1.60. The summed E-state index contributed by atoms with van der Waals surface area (Å²) in [7, 11) is 0. The van der Waals surface area contributed by atoms with Crippen molar-refractivity contribution in [1.82, 2.24) is 15.3 Å². The van der Waals surface area contributed by atoms with Crippen LogP contribution in [0.5, 0.6) is 0 Å². The molecule has 0 saturated carbocycles. The maximum Gasteiger partial charge on any atom is 0.404 e. The van der Waals surface area contributed by atoms with Crippen molar-refractivity contribution in [2.24, 2.45) is 0 Å². The normalized spacial score (nSPS) is 13.2. The number of hydrogen-bond donors (Lipinski definition) is 2. The molecule has 2 atom stereocenters. The van der Waals surface area contributed by atoms with Crippen molar-refractivity contribution in [3.05, 3.63) is 124 Å². The van der Waals surface area contributed by atoms with Crippen LogP contribution in [-0.4, -0.2) is 22.1 Å². The fraction of sp³-hybridized carbons (Fsp3) is 0.133. The Hall–Kier alpha value is -4.31. The third kappa shape index (κ3) is 6.22. The molecule has 2 N–H and O–H groups in total. The van der Waals surface area contributed by atoms with Gasteiger partial charge in [-0.3, -0.25) is 9.78 Å². The van der Waals surface area contributed by atoms with Crippen molar-refractivity contribution in [2.45, 2.75) is 24.6 Å². The van der Waals surface area contributed by atoms with E-state index in [0.717, 1.165) is 30.5 Å². The van der Waals surface area contributed by atoms with Crippen molar-refractivity contribution in [3.63, 3.8) is 0 Å². The number of carbonyl (C=O) groups excluding carboxylic acids is 1. The van der Waals surface area contributed by atoms with Crippen molar-refractivity contribution in [2.75, 3.05) is 0 Å². The summed E-state index contributed by atoms with van der Waals surface area (Å²) in [5.74, 6) is -6.69. The van der Waals surface area contributed by atoms with Crippen LogP contribution < -0.4 is 5.32 Å². The van der Waals surface area contributed by atoms with E-state index in [2.05, 4.69) is 15.3 Å². The number of aromatic amines is 1. The van der Waals surface area contributed by atoms with E-state index >= 15 is 0 Å². The van der Waals surface area contributed by atoms with Gasteiger partial charge in [-0.05, 0) is 71.6 Å². The number of carbonyl (C=O) groups is 1. The van der Waals surface area contributed by atoms with Crippen LogP contribution in [0.25, 0.3) is 22.0 Å². The van der Waals surface area contributed by atoms with Crippen molar-refractivity contribution >= 4 is 28.4 Å². The van der Waals surface area contributed by atoms with Crippen LogP contribution in [0.15, 0.2) is 85.2 Å². The molecular formula is C30H20ClF6N3O. The van der Waals surface area contributed by atoms with E-state index < -0.39 is 47.1 Å². The number of nitrogens with one attached hydrogen (secondary N) is 2. The standard InChI is InChI=1S/C30H20ClF6N3O/c31-18-5-3-17(4-6-18)22-2-1-9-38-28(22)26(12-16-10-20(33)13-21(34)11-16)40-29(41)27(30(35,36)37)24-15-39-25-8-7-19(32)14-23(24)25/h1-11,13-15,26-27,39H,12H2,(H,40,41)/t26-,27+/m0/s1. The molecule has 2 heterocycles. The van der Waals surface area contributed by atoms with E-state index in [1.165, 1.54) is 12.3 Å². The maximum atomic E-state index is 14.4. The Labute approximate surface area is 235 Å². The zero-order chi connectivity index (χ0) is 29.3. The molecule has 0 aliphatic carbocycles. The van der Waals surface area contributed by atoms with Crippen LogP contribution in [0.1, 0.15) is 28.8 Å². The van der Waals surface area contributed by atoms with Gasteiger partial charge in [0.2, 0.25) is 5.91 Å². The van der Waals surface area contributed by atoms with E-state index in [0.29, 0.717) is 22.2 Å². The van der Waals surface area contributed by atoms with Gasteiger partial charge in [-0.25, -0.2) is 13.2 Å². The fourth-order valence-corrected chi connectivity index (χ4v) is 4.95. The first-order valence-electron chi connectivity index (χ1n) is 12.3. The highest BCUT2D eigenvalue weighted by atomic mass is 35.5. The molecule has 5 rings (SSSR count). The lowest BCUT2D eigenvalue weighted by molar-refractivity contribution is -0.165. The second kappa shape index (κ2) is 11.3. The van der Waals surface area contributed by atoms with Gasteiger partial charge in [-0.15, -0.1) is 0 Å². The van der Waals surface area contributed by atoms with E-state index in [4.69, 9.17) is 11.6 Å². The average Bonchev–Trinajstić information content (AvgIpc) is 3.30. The number of hydrogen-bond acceptors (Lipinski definition) is 2. The van der Waals surface area contributed by atoms with Crippen molar-refractivity contribution in [1.29, 1.82) is 0 Å². The number of aromatic nitrogens is 2. The molecule has 0 unspecified atom stereocenters. The first-order chi connectivity index (χ1) is 19.5. The number of alkyl halides is 3. The van der Waals surface area contributed by atoms with Gasteiger partial charge >= 0.3 is 6.18 Å². The highest BCUT2D eigenvalue weighted by molar-refractivity contribution is 6.30. The monoisotopic (exact) mass is 587 g/mol. The van der Waals surface area contributed by atoms with Gasteiger partial charge < -0.3 is 10.3 Å². The van der Waals surface area contributed by atoms with Gasteiger partial charge in [-0.1, -0.05) is 29.8 Å². The number of rotatable bonds is 7. The molecule has 4 nitrogen and oxygen atoms in total. The Morgan fingerprint density at radius 3 is 2.32 bits per heavy atom. The summed E-state index contributed by atoms with van der Waals surface area (Å²) < 4.78 is 85.3. The van der Waals surface area contributed by atoms with Crippen LogP contribution in [0.3, 0.4) is 0 Å². The summed E-state index contributed by atoms with van der Waals surface area (Å²) in [5, 5.41) is 2.76. The highest BCUT2D eigenvalue weighted by Crippen LogP contribution is 2.40. The number of nitrogens with zero attached hydrogens (tertiary/aromatic N) is 1. The van der Waals surface area contributed by atoms with E-state index in [-0.39, 0.29) is 28.6 Å². The first kappa shape index (κ1) is 28.2. The second-order valence-corrected chi connectivity index (χ2v) is 9.83. The third-order valence-corrected chi connectivity index (χ3v) is 6.83. The minimum absolute atomic E-state index is 0.0817. The molecule has 0 spiro atoms. The van der Waals surface area contributed by atoms with Gasteiger partial charge in [0.05, 0.1) is 11.7 Å². The average molecular weight is 588 g/mol. The van der Waals surface area contributed by atoms with Gasteiger partial charge in [0.1, 0.15) is 17.5 Å². The van der Waals surface area contributed by atoms with E-state index in [1.54, 1.807) is 36.4 Å². The summed E-state index contributed by atoms with van der Waals surface area (Å²) in [4.78, 5) is 20.5. The molecule has 0 radical (unpaired) electrons. The number of amides is 1. The molecule has 0 bridgehead atoms. The lowest BCUT2D eigenvalue weighted by atomic mass is 9.93. The quantitative estimate of drug-likeness (QED) is 0.189. The van der Waals surface area contributed by atoms with Crippen molar-refractivity contribution in [3.8, 4) is 11.1 Å². The summed E-state index contributed by atoms with van der Waals surface area (Å²) in [5.41, 5.74) is 1.05. The SMILES string of the molecule is O=C(N[C@@H](Cc1cc(F)cc(F)c1)c1ncccc1-c1ccc(Cl)cc1)[C@@H](c1c[nH]c2ccc(F)cc12)C(F)(F)F. The molecule has 1 amide bonds. The number of pyridine rings is 1. The summed E-state index contributed by atoms with van der Waals surface area (Å²) >= 11 is 6.01. The zero-order valence-electron chi connectivity index (χ0n) is 20.9. The number of halogens is 7. The molecular weight excluding hydrogens is 568 g/mol. The second-order valence-electron chi connectivity index (χ2n) is 9.39. The predicted octanol–water partition coefficient (Wildman–Crippen LogP) is 8.05. The van der Waals surface area contributed by atoms with Gasteiger partial charge in [0.15, 0.2) is 5.92 Å². The van der Waals surface area contributed by atoms with Crippen LogP contribution >= 0.6 is 11.6 Å². The minimum Gasteiger partial charge on any atom is -0.361 e. The molecule has 210 valence electrons. The Bertz CT molecular complexity index is 1700. The van der Waals surface area contributed by atoms with E-state index in [1.807, 2.05) is 0 Å². The maximum absolute atomic E-state index is 14.4. The Morgan fingerprint density at radius 2 is 1.63 bits per heavy atom. The topological polar surface area (TPSA) is 57.8 Å². The molecule has 0 aliphatic heterocycles. The van der Waals surface area contributed by atoms with Crippen LogP contribution in [0.4, 0.5) is 26.3 Å². The fourth-order valence-electron chi connectivity index (χ4n) is 4.82. The molecule has 2 aromatic heterocycles. The summed E-state index contributed by atoms with van der Waals surface area (Å²) in [6.45, 7) is 0. The number of fused-ring (bicyclic) bond motifs is 1. The molecule has 0 aliphatic rings. The third-order valence-electron chi connectivity index (χ3n) is 6.58. The molecule has 41 heavy (non-hydrogen) atoms. The summed E-state index contributed by atoms with van der Waals surface area (Å²) in [6, 6.07) is 14.5. The van der Waals surface area contributed by atoms with Gasteiger partial charge in [0.25, 0.3) is 0 Å². The van der Waals surface area contributed by atoms with Gasteiger partial charge in [0, 0.05) is 39.9 Å². The largest absolute Gasteiger partial charge is 0.404 e. The smallest absolute Gasteiger partial charge is 0.361 e. The van der Waals surface area contributed by atoms with Gasteiger partial charge in [-0.2, -0.15) is 13.2 Å². The highest BCUT2D eigenvalue weighted by Gasteiger charge is 2.47. The molecule has 0 fully saturated rings. The molecule has 3 aromatic carbocycles. The summed E-state index contributed by atoms with van der Waals surface area (Å²) in [6.07, 6.45) is -2.95. The first-order valence-corrected chi connectivity index (χ1v) is 12.7. The van der Waals surface area contributed by atoms with Crippen LogP contribution in [-0.2, 0) is 11.2 Å². The minimum atomic E-state index is -5.07. The van der Waals surface area contributed by atoms with Crippen LogP contribution in [0, 0.1) is 17.5 Å². The molecule has 5 aromatic rings. The Morgan fingerprint density at radius 1 is 0.927 bits per heavy atom. The lowest BCUT2D eigenvalue weighted by Crippen LogP contribution is -2.40. The molecule has 0 saturated heterocycles. The number of benzene rings is 3. The van der Waals surface area contributed by atoms with Crippen molar-refractivity contribution < 1.29 is 31.1 Å².